The number of rotatable bonds is 53. The topological polar surface area (TPSA) is 73.9 Å². The molecule has 72 heavy (non-hydrogen) atoms. The molecule has 424 valence electrons. The number of thioether (sulfide) groups is 1. The van der Waals surface area contributed by atoms with Crippen molar-refractivity contribution in [1.29, 1.82) is 0 Å². The summed E-state index contributed by atoms with van der Waals surface area (Å²) in [7, 11) is 0. The summed E-state index contributed by atoms with van der Waals surface area (Å²) in [5.41, 5.74) is 0. The van der Waals surface area contributed by atoms with Gasteiger partial charge < -0.3 is 25.2 Å². The van der Waals surface area contributed by atoms with Crippen LogP contribution in [0.2, 0.25) is 0 Å². The van der Waals surface area contributed by atoms with Gasteiger partial charge in [0.15, 0.2) is 0 Å². The lowest BCUT2D eigenvalue weighted by Gasteiger charge is -2.41. The number of esters is 1. The fourth-order valence-corrected chi connectivity index (χ4v) is 14.0. The van der Waals surface area contributed by atoms with E-state index in [1.165, 1.54) is 296 Å². The summed E-state index contributed by atoms with van der Waals surface area (Å²) in [6.07, 6.45) is 65.2. The second kappa shape index (κ2) is 47.2. The van der Waals surface area contributed by atoms with Gasteiger partial charge in [-0.05, 0) is 96.8 Å². The zero-order chi connectivity index (χ0) is 51.2. The fourth-order valence-electron chi connectivity index (χ4n) is 12.5. The van der Waals surface area contributed by atoms with Gasteiger partial charge in [0.05, 0.1) is 18.7 Å². The number of urea groups is 1. The molecule has 3 rings (SSSR count). The molecule has 3 aliphatic rings. The van der Waals surface area contributed by atoms with Crippen molar-refractivity contribution in [3.63, 3.8) is 0 Å². The first-order chi connectivity index (χ1) is 35.5. The molecule has 0 aromatic rings. The van der Waals surface area contributed by atoms with Crippen LogP contribution in [0.1, 0.15) is 329 Å². The normalized spacial score (nSPS) is 19.9. The number of unbranched alkanes of at least 4 members (excludes halogenated alkanes) is 37. The van der Waals surface area contributed by atoms with Gasteiger partial charge >= 0.3 is 12.0 Å². The highest BCUT2D eigenvalue weighted by molar-refractivity contribution is 8.00. The van der Waals surface area contributed by atoms with Gasteiger partial charge in [-0.25, -0.2) is 4.79 Å². The van der Waals surface area contributed by atoms with E-state index in [0.29, 0.717) is 18.3 Å². The first-order valence-corrected chi connectivity index (χ1v) is 33.9. The summed E-state index contributed by atoms with van der Waals surface area (Å²) in [6, 6.07) is 2.06. The summed E-state index contributed by atoms with van der Waals surface area (Å²) in [5.74, 6) is 0.959. The van der Waals surface area contributed by atoms with E-state index < -0.39 is 0 Å². The average molecular weight is 1030 g/mol. The second-order valence-corrected chi connectivity index (χ2v) is 25.0. The van der Waals surface area contributed by atoms with E-state index in [-0.39, 0.29) is 24.1 Å². The molecule has 0 bridgehead atoms. The monoisotopic (exact) mass is 1030 g/mol. The second-order valence-electron chi connectivity index (χ2n) is 23.7. The summed E-state index contributed by atoms with van der Waals surface area (Å²) in [4.78, 5) is 30.2. The Morgan fingerprint density at radius 1 is 0.444 bits per heavy atom. The lowest BCUT2D eigenvalue weighted by Crippen LogP contribution is -2.45. The molecule has 0 spiro atoms. The number of nitrogens with zero attached hydrogens (tertiary/aromatic N) is 2. The van der Waals surface area contributed by atoms with Crippen LogP contribution in [0.4, 0.5) is 4.79 Å². The Kier molecular flexibility index (Phi) is 42.8. The third-order valence-corrected chi connectivity index (χ3v) is 18.8. The van der Waals surface area contributed by atoms with Gasteiger partial charge in [0.2, 0.25) is 0 Å². The van der Waals surface area contributed by atoms with Crippen LogP contribution in [0.25, 0.3) is 0 Å². The number of hydrogen-bond acceptors (Lipinski definition) is 6. The Bertz CT molecular complexity index is 1190. The molecule has 7 nitrogen and oxygen atoms in total. The van der Waals surface area contributed by atoms with E-state index in [0.717, 1.165) is 49.9 Å². The standard InChI is InChI=1S/C64H124N4O3S/c1-4-7-10-13-16-19-22-25-28-31-34-41-52-67(53-42-35-32-29-26-23-20-17-14-11-8-5-2)58-48-50-59(51-49-58)68(54-43-36-33-30-27-24-21-18-15-12-9-6-3)55-44-37-38-45-56-71-62(69)47-40-39-46-61-63-60(57-72-61)65-64(70)66-63/h58-61,63H,4-57H2,1-3H3,(H2,65,66,70)/t58-,59+,60-,61-,63-/m0/s1. The zero-order valence-corrected chi connectivity index (χ0v) is 49.4. The van der Waals surface area contributed by atoms with Crippen molar-refractivity contribution >= 4 is 23.8 Å². The summed E-state index contributed by atoms with van der Waals surface area (Å²) in [5, 5.41) is 6.57. The van der Waals surface area contributed by atoms with Gasteiger partial charge in [-0.2, -0.15) is 11.8 Å². The number of fused-ring (bicyclic) bond motifs is 1. The quantitative estimate of drug-likeness (QED) is 0.0359. The maximum absolute atomic E-state index is 12.5. The van der Waals surface area contributed by atoms with Crippen LogP contribution in [0.5, 0.6) is 0 Å². The molecule has 2 N–H and O–H groups in total. The zero-order valence-electron chi connectivity index (χ0n) is 48.6. The number of carbonyl (C=O) groups is 2. The minimum Gasteiger partial charge on any atom is -0.466 e. The Labute approximate surface area is 453 Å². The third kappa shape index (κ3) is 33.9. The molecule has 2 aliphatic heterocycles. The van der Waals surface area contributed by atoms with Crippen LogP contribution in [0.15, 0.2) is 0 Å². The first-order valence-electron chi connectivity index (χ1n) is 32.9. The van der Waals surface area contributed by atoms with Crippen molar-refractivity contribution in [2.75, 3.05) is 38.5 Å². The van der Waals surface area contributed by atoms with Crippen molar-refractivity contribution in [2.24, 2.45) is 0 Å². The molecule has 0 radical (unpaired) electrons. The molecule has 2 amide bonds. The highest BCUT2D eigenvalue weighted by atomic mass is 32.2. The van der Waals surface area contributed by atoms with E-state index in [9.17, 15) is 9.59 Å². The maximum atomic E-state index is 12.5. The van der Waals surface area contributed by atoms with E-state index in [1.54, 1.807) is 0 Å². The molecular formula is C64H124N4O3S. The summed E-state index contributed by atoms with van der Waals surface area (Å²) >= 11 is 1.95. The molecule has 8 heteroatoms. The van der Waals surface area contributed by atoms with Crippen LogP contribution in [0.3, 0.4) is 0 Å². The van der Waals surface area contributed by atoms with Crippen molar-refractivity contribution in [2.45, 2.75) is 358 Å². The molecule has 2 heterocycles. The van der Waals surface area contributed by atoms with Crippen LogP contribution >= 0.6 is 11.8 Å². The van der Waals surface area contributed by atoms with Crippen molar-refractivity contribution in [3.8, 4) is 0 Å². The average Bonchev–Trinajstić information content (AvgIpc) is 3.95. The maximum Gasteiger partial charge on any atom is 0.315 e. The number of hydrogen-bond donors (Lipinski definition) is 2. The Morgan fingerprint density at radius 2 is 0.778 bits per heavy atom. The minimum absolute atomic E-state index is 0.0230. The van der Waals surface area contributed by atoms with Crippen LogP contribution in [-0.4, -0.2) is 89.8 Å². The van der Waals surface area contributed by atoms with Crippen molar-refractivity contribution in [1.82, 2.24) is 20.4 Å². The number of amides is 2. The predicted octanol–water partition coefficient (Wildman–Crippen LogP) is 18.8. The van der Waals surface area contributed by atoms with E-state index in [2.05, 4.69) is 41.2 Å². The van der Waals surface area contributed by atoms with Gasteiger partial charge in [0, 0.05) is 29.5 Å². The van der Waals surface area contributed by atoms with Crippen molar-refractivity contribution < 1.29 is 14.3 Å². The lowest BCUT2D eigenvalue weighted by atomic mass is 9.88. The van der Waals surface area contributed by atoms with E-state index in [4.69, 9.17) is 4.74 Å². The largest absolute Gasteiger partial charge is 0.466 e. The highest BCUT2D eigenvalue weighted by Crippen LogP contribution is 2.33. The van der Waals surface area contributed by atoms with Crippen LogP contribution in [0, 0.1) is 0 Å². The molecular weight excluding hydrogens is 905 g/mol. The first kappa shape index (κ1) is 65.3. The molecule has 0 unspecified atom stereocenters. The van der Waals surface area contributed by atoms with E-state index in [1.807, 2.05) is 11.8 Å². The third-order valence-electron chi connectivity index (χ3n) is 17.3. The number of carbonyl (C=O) groups excluding carboxylic acids is 2. The molecule has 0 aromatic carbocycles. The predicted molar refractivity (Wildman–Crippen MR) is 316 cm³/mol. The van der Waals surface area contributed by atoms with Crippen LogP contribution < -0.4 is 10.6 Å². The Balaban J connectivity index is 1.38. The number of ether oxygens (including phenoxy) is 1. The molecule has 3 fully saturated rings. The van der Waals surface area contributed by atoms with Gasteiger partial charge in [-0.3, -0.25) is 4.79 Å². The minimum atomic E-state index is -0.0336. The highest BCUT2D eigenvalue weighted by Gasteiger charge is 2.42. The summed E-state index contributed by atoms with van der Waals surface area (Å²) in [6.45, 7) is 12.7. The SMILES string of the molecule is CCCCCCCCCCCCCCN(CCCCCCCCCCCCCC)[C@H]1CC[C@@H](N(CCCCCCCCCCCCCC)CCCCCCOC(=O)CCCC[C@@H]2SC[C@@H]3NC(=O)N[C@@H]32)CC1. The molecule has 0 aromatic heterocycles. The Hall–Kier alpha value is -0.990. The smallest absolute Gasteiger partial charge is 0.315 e. The molecule has 1 aliphatic carbocycles. The molecule has 2 saturated heterocycles. The fraction of sp³-hybridized carbons (Fsp3) is 0.969. The van der Waals surface area contributed by atoms with E-state index >= 15 is 0 Å². The van der Waals surface area contributed by atoms with Gasteiger partial charge in [-0.15, -0.1) is 0 Å². The number of nitrogens with one attached hydrogen (secondary N) is 2. The van der Waals surface area contributed by atoms with Gasteiger partial charge in [0.25, 0.3) is 0 Å². The Morgan fingerprint density at radius 3 is 1.14 bits per heavy atom. The van der Waals surface area contributed by atoms with Crippen molar-refractivity contribution in [3.05, 3.63) is 0 Å². The molecule has 3 atom stereocenters. The molecule has 1 saturated carbocycles. The summed E-state index contributed by atoms with van der Waals surface area (Å²) < 4.78 is 5.68. The van der Waals surface area contributed by atoms with Gasteiger partial charge in [-0.1, -0.05) is 252 Å². The van der Waals surface area contributed by atoms with Gasteiger partial charge in [0.1, 0.15) is 0 Å². The van der Waals surface area contributed by atoms with Crippen LogP contribution in [-0.2, 0) is 9.53 Å². The lowest BCUT2D eigenvalue weighted by molar-refractivity contribution is -0.143.